The Kier molecular flexibility index (Phi) is 4.42. The molecule has 0 N–H and O–H groups in total. The van der Waals surface area contributed by atoms with Gasteiger partial charge in [-0.15, -0.1) is 0 Å². The number of nitrogens with zero attached hydrogens (tertiary/aromatic N) is 4. The number of fused-ring (bicyclic) bond motifs is 6. The quantitative estimate of drug-likeness (QED) is 0.212. The summed E-state index contributed by atoms with van der Waals surface area (Å²) in [6, 6.07) is 35.4. The van der Waals surface area contributed by atoms with E-state index in [1.54, 1.807) is 12.1 Å². The second-order valence-corrected chi connectivity index (χ2v) is 10.5. The van der Waals surface area contributed by atoms with E-state index in [-0.39, 0.29) is 29.7 Å². The Hall–Kier alpha value is -6.07. The summed E-state index contributed by atoms with van der Waals surface area (Å²) in [4.78, 5) is 15.2. The van der Waals surface area contributed by atoms with E-state index in [1.807, 2.05) is 78.9 Å². The summed E-state index contributed by atoms with van der Waals surface area (Å²) in [7, 11) is 0. The van der Waals surface area contributed by atoms with Gasteiger partial charge in [0.25, 0.3) is 0 Å². The average Bonchev–Trinajstić information content (AvgIpc) is 3.69. The topological polar surface area (TPSA) is 56.7 Å². The van der Waals surface area contributed by atoms with Crippen molar-refractivity contribution in [3.63, 3.8) is 0 Å². The molecule has 5 heteroatoms. The number of hydrogen-bond acceptors (Lipinski definition) is 4. The summed E-state index contributed by atoms with van der Waals surface area (Å²) >= 11 is 0. The van der Waals surface area contributed by atoms with Crippen molar-refractivity contribution in [1.82, 2.24) is 19.5 Å². The van der Waals surface area contributed by atoms with Gasteiger partial charge in [-0.1, -0.05) is 115 Å². The van der Waals surface area contributed by atoms with E-state index in [0.29, 0.717) is 45.3 Å². The third-order valence-corrected chi connectivity index (χ3v) is 7.96. The fraction of sp³-hybridized carbons (Fsp3) is 0. The Morgan fingerprint density at radius 3 is 2.00 bits per heavy atom. The first kappa shape index (κ1) is 19.9. The number of hydrogen-bond donors (Lipinski definition) is 0. The second kappa shape index (κ2) is 9.75. The van der Waals surface area contributed by atoms with Crippen LogP contribution in [0.3, 0.4) is 0 Å². The summed E-state index contributed by atoms with van der Waals surface area (Å²) in [5.41, 5.74) is 5.26. The molecule has 0 aliphatic heterocycles. The lowest BCUT2D eigenvalue weighted by molar-refractivity contribution is 0.669. The van der Waals surface area contributed by atoms with Gasteiger partial charge in [-0.05, 0) is 41.5 Å². The largest absolute Gasteiger partial charge is 0.456 e. The van der Waals surface area contributed by atoms with E-state index < -0.39 is 6.04 Å². The number of rotatable bonds is 4. The highest BCUT2D eigenvalue weighted by Crippen LogP contribution is 2.38. The van der Waals surface area contributed by atoms with E-state index in [9.17, 15) is 0 Å². The van der Waals surface area contributed by atoms with Crippen LogP contribution in [0.2, 0.25) is 0 Å². The van der Waals surface area contributed by atoms with Gasteiger partial charge in [0.05, 0.1) is 17.9 Å². The minimum atomic E-state index is -0.431. The van der Waals surface area contributed by atoms with Gasteiger partial charge < -0.3 is 4.42 Å². The van der Waals surface area contributed by atoms with E-state index in [4.69, 9.17) is 26.2 Å². The number of furan rings is 1. The van der Waals surface area contributed by atoms with Crippen molar-refractivity contribution < 1.29 is 11.3 Å². The predicted molar refractivity (Wildman–Crippen MR) is 178 cm³/mol. The molecule has 0 bridgehead atoms. The van der Waals surface area contributed by atoms with E-state index in [2.05, 4.69) is 28.8 Å². The molecular formula is C39H24N4O. The standard InChI is InChI=1S/C39H24N4O/c1-3-12-25(13-4-1)27-22-23-34-31(24-27)36-30(18-11-21-35(36)44-34)38-40-37(26-14-5-2-6-15-26)41-39(42-38)43-32-19-9-7-16-28(32)29-17-8-10-20-33(29)43/h1-24H/i1D,3D,4D,12D,13D. The first-order chi connectivity index (χ1) is 23.9. The van der Waals surface area contributed by atoms with Crippen LogP contribution in [-0.2, 0) is 0 Å². The highest BCUT2D eigenvalue weighted by atomic mass is 16.3. The summed E-state index contributed by atoms with van der Waals surface area (Å²) in [6.45, 7) is 0. The van der Waals surface area contributed by atoms with Gasteiger partial charge in [0.15, 0.2) is 11.6 Å². The molecule has 0 unspecified atom stereocenters. The van der Waals surface area contributed by atoms with Crippen molar-refractivity contribution in [2.45, 2.75) is 0 Å². The van der Waals surface area contributed by atoms with Crippen molar-refractivity contribution in [1.29, 1.82) is 0 Å². The molecule has 0 aliphatic rings. The first-order valence-electron chi connectivity index (χ1n) is 16.7. The van der Waals surface area contributed by atoms with Gasteiger partial charge in [-0.2, -0.15) is 9.97 Å². The predicted octanol–water partition coefficient (Wildman–Crippen LogP) is 9.87. The molecule has 3 aromatic heterocycles. The second-order valence-electron chi connectivity index (χ2n) is 10.5. The molecule has 9 aromatic rings. The normalized spacial score (nSPS) is 13.2. The lowest BCUT2D eigenvalue weighted by Gasteiger charge is -2.11. The van der Waals surface area contributed by atoms with Crippen molar-refractivity contribution in [2.24, 2.45) is 0 Å². The molecule has 0 radical (unpaired) electrons. The molecule has 3 heterocycles. The molecule has 0 fully saturated rings. The molecule has 0 amide bonds. The molecule has 0 atom stereocenters. The third kappa shape index (κ3) is 3.83. The molecule has 0 spiro atoms. The van der Waals surface area contributed by atoms with Crippen LogP contribution in [0.25, 0.3) is 83.6 Å². The molecule has 6 aromatic carbocycles. The van der Waals surface area contributed by atoms with Gasteiger partial charge in [-0.3, -0.25) is 4.57 Å². The smallest absolute Gasteiger partial charge is 0.238 e. The minimum absolute atomic E-state index is 0.125. The molecule has 9 rings (SSSR count). The molecule has 44 heavy (non-hydrogen) atoms. The average molecular weight is 570 g/mol. The zero-order chi connectivity index (χ0) is 33.4. The number of para-hydroxylation sites is 2. The third-order valence-electron chi connectivity index (χ3n) is 7.96. The number of aromatic nitrogens is 4. The van der Waals surface area contributed by atoms with E-state index in [1.165, 1.54) is 0 Å². The minimum Gasteiger partial charge on any atom is -0.456 e. The molecule has 5 nitrogen and oxygen atoms in total. The van der Waals surface area contributed by atoms with E-state index in [0.717, 1.165) is 32.8 Å². The Morgan fingerprint density at radius 1 is 0.523 bits per heavy atom. The maximum atomic E-state index is 8.57. The van der Waals surface area contributed by atoms with Crippen LogP contribution in [0, 0.1) is 0 Å². The Morgan fingerprint density at radius 2 is 1.23 bits per heavy atom. The Balaban J connectivity index is 1.33. The molecular weight excluding hydrogens is 540 g/mol. The number of benzene rings is 6. The Labute approximate surface area is 259 Å². The van der Waals surface area contributed by atoms with Gasteiger partial charge in [0.2, 0.25) is 5.95 Å². The van der Waals surface area contributed by atoms with Gasteiger partial charge in [-0.25, -0.2) is 4.98 Å². The van der Waals surface area contributed by atoms with Crippen LogP contribution in [0.5, 0.6) is 0 Å². The lowest BCUT2D eigenvalue weighted by Crippen LogP contribution is -2.06. The highest BCUT2D eigenvalue weighted by molar-refractivity contribution is 6.13. The van der Waals surface area contributed by atoms with Gasteiger partial charge in [0, 0.05) is 32.7 Å². The van der Waals surface area contributed by atoms with Crippen molar-refractivity contribution >= 4 is 43.7 Å². The Bertz CT molecular complexity index is 2710. The summed E-state index contributed by atoms with van der Waals surface area (Å²) in [6.07, 6.45) is 0. The van der Waals surface area contributed by atoms with Crippen LogP contribution in [0.1, 0.15) is 6.85 Å². The van der Waals surface area contributed by atoms with Crippen LogP contribution in [-0.4, -0.2) is 19.5 Å². The van der Waals surface area contributed by atoms with Crippen molar-refractivity contribution in [3.05, 3.63) is 145 Å². The maximum absolute atomic E-state index is 8.57. The molecule has 0 saturated carbocycles. The fourth-order valence-electron chi connectivity index (χ4n) is 6.00. The highest BCUT2D eigenvalue weighted by Gasteiger charge is 2.20. The molecule has 0 aliphatic carbocycles. The van der Waals surface area contributed by atoms with Crippen molar-refractivity contribution in [2.75, 3.05) is 0 Å². The molecule has 0 saturated heterocycles. The SMILES string of the molecule is [2H]c1c([2H])c([2H])c(-c2ccc3oc4cccc(-c5nc(-c6ccccc6)nc(-n6c7ccccc7c7ccccc76)n5)c4c3c2)c([2H])c1[2H]. The summed E-state index contributed by atoms with van der Waals surface area (Å²) < 4.78 is 50.0. The lowest BCUT2D eigenvalue weighted by atomic mass is 10.0. The van der Waals surface area contributed by atoms with Crippen LogP contribution >= 0.6 is 0 Å². The zero-order valence-electron chi connectivity index (χ0n) is 28.2. The summed E-state index contributed by atoms with van der Waals surface area (Å²) in [5.74, 6) is 1.41. The zero-order valence-corrected chi connectivity index (χ0v) is 23.2. The first-order valence-corrected chi connectivity index (χ1v) is 14.2. The van der Waals surface area contributed by atoms with E-state index >= 15 is 0 Å². The summed E-state index contributed by atoms with van der Waals surface area (Å²) in [5, 5.41) is 3.62. The van der Waals surface area contributed by atoms with Gasteiger partial charge in [0.1, 0.15) is 11.2 Å². The maximum Gasteiger partial charge on any atom is 0.238 e. The fourth-order valence-corrected chi connectivity index (χ4v) is 6.00. The van der Waals surface area contributed by atoms with Crippen molar-refractivity contribution in [3.8, 4) is 39.9 Å². The van der Waals surface area contributed by atoms with Crippen LogP contribution < -0.4 is 0 Å². The monoisotopic (exact) mass is 569 g/mol. The molecule has 206 valence electrons. The van der Waals surface area contributed by atoms with Gasteiger partial charge >= 0.3 is 0 Å². The van der Waals surface area contributed by atoms with Crippen LogP contribution in [0.4, 0.5) is 0 Å². The van der Waals surface area contributed by atoms with Crippen LogP contribution in [0.15, 0.2) is 150 Å².